The molecule has 31 heavy (non-hydrogen) atoms. The van der Waals surface area contributed by atoms with Crippen molar-refractivity contribution in [2.24, 2.45) is 0 Å². The van der Waals surface area contributed by atoms with Crippen LogP contribution in [0.25, 0.3) is 11.8 Å². The van der Waals surface area contributed by atoms with E-state index >= 15 is 0 Å². The molecule has 0 saturated carbocycles. The summed E-state index contributed by atoms with van der Waals surface area (Å²) in [5.41, 5.74) is 4.84. The lowest BCUT2D eigenvalue weighted by Gasteiger charge is -2.10. The van der Waals surface area contributed by atoms with Crippen LogP contribution >= 0.6 is 23.2 Å². The van der Waals surface area contributed by atoms with Crippen molar-refractivity contribution >= 4 is 35.2 Å². The molecule has 0 radical (unpaired) electrons. The van der Waals surface area contributed by atoms with Gasteiger partial charge >= 0.3 is 0 Å². The van der Waals surface area contributed by atoms with E-state index in [2.05, 4.69) is 17.4 Å². The monoisotopic (exact) mass is 451 g/mol. The van der Waals surface area contributed by atoms with E-state index < -0.39 is 0 Å². The van der Waals surface area contributed by atoms with Gasteiger partial charge in [-0.25, -0.2) is 0 Å². The van der Waals surface area contributed by atoms with Gasteiger partial charge in [0.1, 0.15) is 11.6 Å². The average Bonchev–Trinajstić information content (AvgIpc) is 3.05. The molecule has 1 amide bonds. The summed E-state index contributed by atoms with van der Waals surface area (Å²) >= 11 is 12.2. The first kappa shape index (κ1) is 22.7. The van der Waals surface area contributed by atoms with Gasteiger partial charge in [0.2, 0.25) is 0 Å². The van der Waals surface area contributed by atoms with Crippen molar-refractivity contribution in [1.29, 1.82) is 5.26 Å². The van der Waals surface area contributed by atoms with Gasteiger partial charge in [0.15, 0.2) is 0 Å². The fraction of sp³-hybridized carbons (Fsp3) is 0.200. The third-order valence-corrected chi connectivity index (χ3v) is 5.81. The van der Waals surface area contributed by atoms with Gasteiger partial charge in [-0.15, -0.1) is 0 Å². The van der Waals surface area contributed by atoms with Gasteiger partial charge in [0.25, 0.3) is 5.91 Å². The highest BCUT2D eigenvalue weighted by Crippen LogP contribution is 2.28. The third kappa shape index (κ3) is 5.58. The van der Waals surface area contributed by atoms with Gasteiger partial charge in [-0.1, -0.05) is 53.5 Å². The molecule has 0 aliphatic rings. The second-order valence-corrected chi connectivity index (χ2v) is 8.09. The van der Waals surface area contributed by atoms with Crippen LogP contribution in [0.1, 0.15) is 28.9 Å². The zero-order chi connectivity index (χ0) is 22.4. The van der Waals surface area contributed by atoms with Crippen LogP contribution in [0, 0.1) is 25.2 Å². The van der Waals surface area contributed by atoms with Gasteiger partial charge in [-0.2, -0.15) is 5.26 Å². The van der Waals surface area contributed by atoms with E-state index in [1.807, 2.05) is 54.8 Å². The molecule has 1 heterocycles. The molecule has 6 heteroatoms. The first-order valence-electron chi connectivity index (χ1n) is 9.99. The third-order valence-electron chi connectivity index (χ3n) is 5.07. The highest BCUT2D eigenvalue weighted by molar-refractivity contribution is 6.42. The van der Waals surface area contributed by atoms with Crippen LogP contribution in [-0.2, 0) is 11.2 Å². The standard InChI is InChI=1S/C25H23Cl2N3O/c1-17-13-20(18(2)30(17)22-10-11-23(26)24(27)15-22)14-21(16-28)25(31)29-12-6-9-19-7-4-3-5-8-19/h3-5,7-8,10-11,13-15H,6,9,12H2,1-2H3,(H,29,31)/b21-14+. The van der Waals surface area contributed by atoms with Crippen LogP contribution in [0.3, 0.4) is 0 Å². The lowest BCUT2D eigenvalue weighted by atomic mass is 10.1. The van der Waals surface area contributed by atoms with Gasteiger partial charge in [0, 0.05) is 23.6 Å². The van der Waals surface area contributed by atoms with Gasteiger partial charge in [-0.05, 0) is 68.2 Å². The normalized spacial score (nSPS) is 11.3. The number of aromatic nitrogens is 1. The Bertz CT molecular complexity index is 1160. The van der Waals surface area contributed by atoms with E-state index in [-0.39, 0.29) is 11.5 Å². The van der Waals surface area contributed by atoms with Crippen LogP contribution in [0.2, 0.25) is 10.0 Å². The van der Waals surface area contributed by atoms with Crippen molar-refractivity contribution in [3.8, 4) is 11.8 Å². The zero-order valence-corrected chi connectivity index (χ0v) is 19.0. The van der Waals surface area contributed by atoms with E-state index in [9.17, 15) is 10.1 Å². The van der Waals surface area contributed by atoms with Crippen molar-refractivity contribution in [2.45, 2.75) is 26.7 Å². The number of rotatable bonds is 7. The number of halogens is 2. The Morgan fingerprint density at radius 3 is 2.52 bits per heavy atom. The fourth-order valence-electron chi connectivity index (χ4n) is 3.49. The molecule has 1 aromatic heterocycles. The molecule has 2 aromatic carbocycles. The molecule has 158 valence electrons. The SMILES string of the molecule is Cc1cc(/C=C(\C#N)C(=O)NCCCc2ccccc2)c(C)n1-c1ccc(Cl)c(Cl)c1. The minimum absolute atomic E-state index is 0.0779. The summed E-state index contributed by atoms with van der Waals surface area (Å²) in [6, 6.07) is 19.5. The lowest BCUT2D eigenvalue weighted by molar-refractivity contribution is -0.117. The first-order valence-corrected chi connectivity index (χ1v) is 10.7. The minimum atomic E-state index is -0.366. The Hall–Kier alpha value is -3.00. The Morgan fingerprint density at radius 2 is 1.84 bits per heavy atom. The molecule has 3 rings (SSSR count). The van der Waals surface area contributed by atoms with E-state index in [1.54, 1.807) is 18.2 Å². The number of nitrogens with zero attached hydrogens (tertiary/aromatic N) is 2. The Balaban J connectivity index is 1.72. The van der Waals surface area contributed by atoms with Gasteiger partial charge in [0.05, 0.1) is 10.0 Å². The molecular formula is C25H23Cl2N3O. The number of benzene rings is 2. The summed E-state index contributed by atoms with van der Waals surface area (Å²) < 4.78 is 2.01. The second kappa shape index (κ2) is 10.3. The largest absolute Gasteiger partial charge is 0.351 e. The van der Waals surface area contributed by atoms with Crippen molar-refractivity contribution in [1.82, 2.24) is 9.88 Å². The summed E-state index contributed by atoms with van der Waals surface area (Å²) in [7, 11) is 0. The van der Waals surface area contributed by atoms with Crippen molar-refractivity contribution in [3.63, 3.8) is 0 Å². The van der Waals surface area contributed by atoms with Crippen molar-refractivity contribution < 1.29 is 4.79 Å². The van der Waals surface area contributed by atoms with Crippen molar-refractivity contribution in [3.05, 3.63) is 92.7 Å². The first-order chi connectivity index (χ1) is 14.9. The molecule has 0 aliphatic carbocycles. The summed E-state index contributed by atoms with van der Waals surface area (Å²) in [6.07, 6.45) is 3.31. The molecule has 0 bridgehead atoms. The highest BCUT2D eigenvalue weighted by Gasteiger charge is 2.14. The van der Waals surface area contributed by atoms with E-state index in [4.69, 9.17) is 23.2 Å². The second-order valence-electron chi connectivity index (χ2n) is 7.28. The van der Waals surface area contributed by atoms with Crippen LogP contribution in [0.4, 0.5) is 0 Å². The zero-order valence-electron chi connectivity index (χ0n) is 17.5. The van der Waals surface area contributed by atoms with Gasteiger partial charge < -0.3 is 9.88 Å². The summed E-state index contributed by atoms with van der Waals surface area (Å²) in [4.78, 5) is 12.5. The Labute approximate surface area is 192 Å². The van der Waals surface area contributed by atoms with Crippen molar-refractivity contribution in [2.75, 3.05) is 6.54 Å². The number of amides is 1. The number of carbonyl (C=O) groups excluding carboxylic acids is 1. The van der Waals surface area contributed by atoms with Crippen LogP contribution < -0.4 is 5.32 Å². The summed E-state index contributed by atoms with van der Waals surface area (Å²) in [5.74, 6) is -0.366. The smallest absolute Gasteiger partial charge is 0.261 e. The number of carbonyl (C=O) groups is 1. The van der Waals surface area contributed by atoms with Crippen LogP contribution in [-0.4, -0.2) is 17.0 Å². The molecular weight excluding hydrogens is 429 g/mol. The minimum Gasteiger partial charge on any atom is -0.351 e. The van der Waals surface area contributed by atoms with E-state index in [0.29, 0.717) is 16.6 Å². The lowest BCUT2D eigenvalue weighted by Crippen LogP contribution is -2.25. The molecule has 0 saturated heterocycles. The number of aryl methyl sites for hydroxylation is 2. The van der Waals surface area contributed by atoms with E-state index in [0.717, 1.165) is 35.5 Å². The number of hydrogen-bond acceptors (Lipinski definition) is 2. The maximum Gasteiger partial charge on any atom is 0.261 e. The fourth-order valence-corrected chi connectivity index (χ4v) is 3.79. The number of nitriles is 1. The molecule has 0 spiro atoms. The van der Waals surface area contributed by atoms with Crippen LogP contribution in [0.5, 0.6) is 0 Å². The Kier molecular flexibility index (Phi) is 7.57. The number of nitrogens with one attached hydrogen (secondary N) is 1. The molecule has 0 fully saturated rings. The molecule has 1 N–H and O–H groups in total. The highest BCUT2D eigenvalue weighted by atomic mass is 35.5. The maximum absolute atomic E-state index is 12.5. The molecule has 0 aliphatic heterocycles. The van der Waals surface area contributed by atoms with Crippen LogP contribution in [0.15, 0.2) is 60.2 Å². The summed E-state index contributed by atoms with van der Waals surface area (Å²) in [5, 5.41) is 13.3. The molecule has 3 aromatic rings. The predicted molar refractivity (Wildman–Crippen MR) is 127 cm³/mol. The maximum atomic E-state index is 12.5. The Morgan fingerprint density at radius 1 is 1.10 bits per heavy atom. The quantitative estimate of drug-likeness (QED) is 0.269. The van der Waals surface area contributed by atoms with E-state index in [1.165, 1.54) is 5.56 Å². The molecule has 0 atom stereocenters. The average molecular weight is 452 g/mol. The topological polar surface area (TPSA) is 57.8 Å². The number of hydrogen-bond donors (Lipinski definition) is 1. The predicted octanol–water partition coefficient (Wildman–Crippen LogP) is 6.06. The summed E-state index contributed by atoms with van der Waals surface area (Å²) in [6.45, 7) is 4.41. The van der Waals surface area contributed by atoms with Gasteiger partial charge in [-0.3, -0.25) is 4.79 Å². The molecule has 0 unspecified atom stereocenters. The molecule has 4 nitrogen and oxygen atoms in total.